The Labute approximate surface area is 197 Å². The van der Waals surface area contributed by atoms with E-state index in [9.17, 15) is 19.7 Å². The van der Waals surface area contributed by atoms with Gasteiger partial charge in [-0.15, -0.1) is 11.3 Å². The molecule has 10 heteroatoms. The van der Waals surface area contributed by atoms with Gasteiger partial charge in [0.25, 0.3) is 11.2 Å². The number of hydrogen-bond donors (Lipinski definition) is 0. The number of non-ortho nitro benzene ring substituents is 1. The summed E-state index contributed by atoms with van der Waals surface area (Å²) in [5.41, 5.74) is 0.911. The van der Waals surface area contributed by atoms with Crippen molar-refractivity contribution < 1.29 is 14.4 Å². The van der Waals surface area contributed by atoms with E-state index in [1.165, 1.54) is 42.3 Å². The first-order valence-corrected chi connectivity index (χ1v) is 11.5. The molecule has 0 fully saturated rings. The molecule has 1 aliphatic rings. The van der Waals surface area contributed by atoms with Crippen molar-refractivity contribution in [3.63, 3.8) is 0 Å². The monoisotopic (exact) mass is 479 g/mol. The number of nitro benzene ring substituents is 1. The number of fused-ring (bicyclic) bond motifs is 3. The maximum atomic E-state index is 13.8. The van der Waals surface area contributed by atoms with E-state index < -0.39 is 16.2 Å². The molecule has 0 saturated heterocycles. The molecule has 0 unspecified atom stereocenters. The van der Waals surface area contributed by atoms with Gasteiger partial charge in [-0.2, -0.15) is 0 Å². The molecule has 0 amide bonds. The number of nitrogens with zero attached hydrogens (tertiary/aromatic N) is 3. The van der Waals surface area contributed by atoms with Crippen LogP contribution >= 0.6 is 11.3 Å². The number of rotatable bonds is 6. The Hall–Kier alpha value is -3.92. The normalized spacial score (nSPS) is 12.6. The van der Waals surface area contributed by atoms with Crippen LogP contribution in [0.5, 0.6) is 11.5 Å². The van der Waals surface area contributed by atoms with Crippen molar-refractivity contribution in [3.8, 4) is 17.2 Å². The van der Waals surface area contributed by atoms with Gasteiger partial charge >= 0.3 is 5.69 Å². The minimum Gasteiger partial charge on any atom is -0.497 e. The molecule has 0 radical (unpaired) electrons. The Morgan fingerprint density at radius 3 is 2.65 bits per heavy atom. The van der Waals surface area contributed by atoms with Gasteiger partial charge in [-0.25, -0.2) is 9.36 Å². The molecule has 0 spiro atoms. The summed E-state index contributed by atoms with van der Waals surface area (Å²) >= 11 is 1.46. The maximum absolute atomic E-state index is 13.8. The van der Waals surface area contributed by atoms with Crippen molar-refractivity contribution >= 4 is 27.2 Å². The predicted molar refractivity (Wildman–Crippen MR) is 129 cm³/mol. The Morgan fingerprint density at radius 1 is 1.09 bits per heavy atom. The van der Waals surface area contributed by atoms with Crippen LogP contribution in [0.3, 0.4) is 0 Å². The number of aromatic nitrogens is 2. The molecular formula is C24H21N3O6S. The van der Waals surface area contributed by atoms with Gasteiger partial charge in [-0.05, 0) is 42.5 Å². The van der Waals surface area contributed by atoms with Gasteiger partial charge in [0.15, 0.2) is 0 Å². The van der Waals surface area contributed by atoms with Crippen LogP contribution < -0.4 is 20.7 Å². The number of aryl methyl sites for hydroxylation is 2. The first kappa shape index (κ1) is 21.9. The van der Waals surface area contributed by atoms with Gasteiger partial charge in [0.1, 0.15) is 16.3 Å². The van der Waals surface area contributed by atoms with Crippen LogP contribution in [0.4, 0.5) is 5.69 Å². The number of hydrogen-bond acceptors (Lipinski definition) is 7. The Balaban J connectivity index is 1.80. The molecule has 0 aliphatic heterocycles. The molecule has 9 nitrogen and oxygen atoms in total. The highest BCUT2D eigenvalue weighted by Gasteiger charge is 2.26. The van der Waals surface area contributed by atoms with E-state index in [1.807, 2.05) is 0 Å². The maximum Gasteiger partial charge on any atom is 0.337 e. The molecular weight excluding hydrogens is 458 g/mol. The van der Waals surface area contributed by atoms with Crippen LogP contribution in [0.1, 0.15) is 22.4 Å². The van der Waals surface area contributed by atoms with Crippen molar-refractivity contribution in [3.05, 3.63) is 89.4 Å². The van der Waals surface area contributed by atoms with E-state index in [1.54, 1.807) is 30.3 Å². The van der Waals surface area contributed by atoms with Gasteiger partial charge < -0.3 is 9.47 Å². The lowest BCUT2D eigenvalue weighted by Gasteiger charge is -2.15. The quantitative estimate of drug-likeness (QED) is 0.309. The zero-order chi connectivity index (χ0) is 24.0. The first-order chi connectivity index (χ1) is 16.4. The van der Waals surface area contributed by atoms with Gasteiger partial charge in [0.05, 0.1) is 36.8 Å². The zero-order valence-corrected chi connectivity index (χ0v) is 19.4. The van der Waals surface area contributed by atoms with Crippen LogP contribution in [0.25, 0.3) is 15.9 Å². The molecule has 0 bridgehead atoms. The zero-order valence-electron chi connectivity index (χ0n) is 18.6. The van der Waals surface area contributed by atoms with Crippen molar-refractivity contribution in [2.45, 2.75) is 25.8 Å². The number of benzene rings is 2. The van der Waals surface area contributed by atoms with Crippen LogP contribution in [-0.4, -0.2) is 28.3 Å². The third-order valence-corrected chi connectivity index (χ3v) is 7.39. The fourth-order valence-corrected chi connectivity index (χ4v) is 5.85. The Bertz CT molecular complexity index is 1570. The molecule has 0 saturated carbocycles. The van der Waals surface area contributed by atoms with E-state index in [-0.39, 0.29) is 12.2 Å². The highest BCUT2D eigenvalue weighted by molar-refractivity contribution is 7.18. The molecule has 0 atom stereocenters. The number of nitro groups is 1. The number of methoxy groups -OCH3 is 2. The predicted octanol–water partition coefficient (Wildman–Crippen LogP) is 3.68. The molecule has 2 aromatic carbocycles. The third-order valence-electron chi connectivity index (χ3n) is 6.08. The second-order valence-corrected chi connectivity index (χ2v) is 9.10. The topological polar surface area (TPSA) is 106 Å². The molecule has 1 aliphatic carbocycles. The summed E-state index contributed by atoms with van der Waals surface area (Å²) in [6, 6.07) is 11.1. The van der Waals surface area contributed by atoms with Gasteiger partial charge in [0.2, 0.25) is 0 Å². The molecule has 174 valence electrons. The SMILES string of the molecule is COc1ccc(-n2c(=O)c3c4c(sc3n(Cc3cccc([N+](=O)[O-])c3)c2=O)CCC4)c(OC)c1. The summed E-state index contributed by atoms with van der Waals surface area (Å²) in [7, 11) is 2.99. The summed E-state index contributed by atoms with van der Waals surface area (Å²) in [4.78, 5) is 40.0. The molecule has 5 rings (SSSR count). The second-order valence-electron chi connectivity index (χ2n) is 8.01. The first-order valence-electron chi connectivity index (χ1n) is 10.7. The standard InChI is InChI=1S/C24H21N3O6S/c1-32-16-9-10-18(19(12-16)33-2)26-22(28)21-17-7-4-8-20(17)34-23(21)25(24(26)29)13-14-5-3-6-15(11-14)27(30)31/h3,5-6,9-12H,4,7-8,13H2,1-2H3. The van der Waals surface area contributed by atoms with Crippen LogP contribution in [0.15, 0.2) is 52.1 Å². The summed E-state index contributed by atoms with van der Waals surface area (Å²) in [5.74, 6) is 0.856. The van der Waals surface area contributed by atoms with E-state index in [2.05, 4.69) is 0 Å². The molecule has 4 aromatic rings. The molecule has 0 N–H and O–H groups in total. The van der Waals surface area contributed by atoms with Crippen molar-refractivity contribution in [2.24, 2.45) is 0 Å². The van der Waals surface area contributed by atoms with E-state index in [0.717, 1.165) is 34.3 Å². The van der Waals surface area contributed by atoms with E-state index in [0.29, 0.717) is 33.0 Å². The minimum absolute atomic E-state index is 0.0550. The lowest BCUT2D eigenvalue weighted by Crippen LogP contribution is -2.39. The fraction of sp³-hybridized carbons (Fsp3) is 0.250. The molecule has 2 heterocycles. The molecule has 2 aromatic heterocycles. The second kappa shape index (κ2) is 8.45. The van der Waals surface area contributed by atoms with Crippen LogP contribution in [0.2, 0.25) is 0 Å². The summed E-state index contributed by atoms with van der Waals surface area (Å²) in [5, 5.41) is 11.8. The van der Waals surface area contributed by atoms with E-state index >= 15 is 0 Å². The van der Waals surface area contributed by atoms with E-state index in [4.69, 9.17) is 9.47 Å². The average Bonchev–Trinajstić information content (AvgIpc) is 3.43. The van der Waals surface area contributed by atoms with Gasteiger partial charge in [0, 0.05) is 23.1 Å². The number of ether oxygens (including phenoxy) is 2. The van der Waals surface area contributed by atoms with Crippen molar-refractivity contribution in [1.29, 1.82) is 0 Å². The van der Waals surface area contributed by atoms with Crippen LogP contribution in [0, 0.1) is 10.1 Å². The van der Waals surface area contributed by atoms with Crippen LogP contribution in [-0.2, 0) is 19.4 Å². The lowest BCUT2D eigenvalue weighted by molar-refractivity contribution is -0.384. The number of thiophene rings is 1. The van der Waals surface area contributed by atoms with Gasteiger partial charge in [-0.1, -0.05) is 12.1 Å². The van der Waals surface area contributed by atoms with Gasteiger partial charge in [-0.3, -0.25) is 19.5 Å². The third kappa shape index (κ3) is 3.47. The summed E-state index contributed by atoms with van der Waals surface area (Å²) in [6.07, 6.45) is 2.61. The summed E-state index contributed by atoms with van der Waals surface area (Å²) < 4.78 is 13.4. The van der Waals surface area contributed by atoms with Crippen molar-refractivity contribution in [2.75, 3.05) is 14.2 Å². The highest BCUT2D eigenvalue weighted by Crippen LogP contribution is 2.36. The lowest BCUT2D eigenvalue weighted by atomic mass is 10.1. The largest absolute Gasteiger partial charge is 0.497 e. The van der Waals surface area contributed by atoms with Crippen molar-refractivity contribution in [1.82, 2.24) is 9.13 Å². The minimum atomic E-state index is -0.535. The Morgan fingerprint density at radius 2 is 1.91 bits per heavy atom. The smallest absolute Gasteiger partial charge is 0.337 e. The molecule has 34 heavy (non-hydrogen) atoms. The average molecular weight is 480 g/mol. The fourth-order valence-electron chi connectivity index (χ4n) is 4.48. The highest BCUT2D eigenvalue weighted by atomic mass is 32.1. The Kier molecular flexibility index (Phi) is 5.45. The summed E-state index contributed by atoms with van der Waals surface area (Å²) in [6.45, 7) is 0.0924.